The fourth-order valence-electron chi connectivity index (χ4n) is 6.78. The molecule has 0 aliphatic carbocycles. The van der Waals surface area contributed by atoms with Crippen molar-refractivity contribution < 1.29 is 0 Å². The summed E-state index contributed by atoms with van der Waals surface area (Å²) in [6.07, 6.45) is 0. The number of rotatable bonds is 3. The first-order chi connectivity index (χ1) is 21.8. The van der Waals surface area contributed by atoms with E-state index in [1.807, 2.05) is 30.3 Å². The third kappa shape index (κ3) is 3.54. The van der Waals surface area contributed by atoms with Gasteiger partial charge in [0.15, 0.2) is 0 Å². The number of hydrogen-bond donors (Lipinski definition) is 0. The van der Waals surface area contributed by atoms with Gasteiger partial charge in [0.1, 0.15) is 5.82 Å². The highest BCUT2D eigenvalue weighted by Crippen LogP contribution is 2.38. The monoisotopic (exact) mass is 560 g/mol. The number of aromatic nitrogens is 3. The van der Waals surface area contributed by atoms with Gasteiger partial charge in [-0.1, -0.05) is 84.9 Å². The Morgan fingerprint density at radius 2 is 0.977 bits per heavy atom. The summed E-state index contributed by atoms with van der Waals surface area (Å²) < 4.78 is 4.52. The van der Waals surface area contributed by atoms with Crippen LogP contribution in [0.5, 0.6) is 0 Å². The quantitative estimate of drug-likeness (QED) is 0.216. The molecule has 3 heterocycles. The Hall–Kier alpha value is -6.18. The molecule has 0 aliphatic heterocycles. The number of benzene rings is 6. The number of nitrogens with zero attached hydrogens (tertiary/aromatic N) is 4. The Balaban J connectivity index is 1.26. The van der Waals surface area contributed by atoms with Gasteiger partial charge in [-0.2, -0.15) is 5.26 Å². The summed E-state index contributed by atoms with van der Waals surface area (Å²) in [4.78, 5) is 5.01. The summed E-state index contributed by atoms with van der Waals surface area (Å²) in [6.45, 7) is 0. The summed E-state index contributed by atoms with van der Waals surface area (Å²) in [6, 6.07) is 53.2. The van der Waals surface area contributed by atoms with Crippen LogP contribution in [0.25, 0.3) is 77.1 Å². The van der Waals surface area contributed by atoms with E-state index < -0.39 is 0 Å². The van der Waals surface area contributed by atoms with Gasteiger partial charge in [-0.3, -0.25) is 4.57 Å². The zero-order chi connectivity index (χ0) is 29.2. The van der Waals surface area contributed by atoms with Crippen LogP contribution >= 0.6 is 0 Å². The second-order valence-corrected chi connectivity index (χ2v) is 11.2. The minimum atomic E-state index is 0.621. The van der Waals surface area contributed by atoms with Crippen molar-refractivity contribution in [3.8, 4) is 28.7 Å². The lowest BCUT2D eigenvalue weighted by molar-refractivity contribution is 1.10. The largest absolute Gasteiger partial charge is 0.309 e. The first kappa shape index (κ1) is 24.4. The molecule has 4 heteroatoms. The van der Waals surface area contributed by atoms with E-state index in [0.717, 1.165) is 49.8 Å². The van der Waals surface area contributed by atoms with E-state index >= 15 is 0 Å². The van der Waals surface area contributed by atoms with Crippen molar-refractivity contribution in [3.63, 3.8) is 0 Å². The Kier molecular flexibility index (Phi) is 5.23. The van der Waals surface area contributed by atoms with Crippen LogP contribution in [0.3, 0.4) is 0 Å². The van der Waals surface area contributed by atoms with E-state index in [1.54, 1.807) is 0 Å². The normalized spacial score (nSPS) is 11.6. The SMILES string of the molecule is N#Cc1cc(-n2c3ccccc3c3cc(-c4ccc5c(c4)c4ccccc4n5-c4ccccc4)ccc32)nc2ccccc12. The number of para-hydroxylation sites is 4. The predicted octanol–water partition coefficient (Wildman–Crippen LogP) is 9.97. The van der Waals surface area contributed by atoms with Gasteiger partial charge in [-0.15, -0.1) is 0 Å². The standard InChI is InChI=1S/C40H24N4/c41-25-28-24-40(42-35-15-7-4-12-30(28)35)44-37-17-9-6-14-32(37)34-23-27(19-21-39(34)44)26-18-20-38-33(22-26)31-13-5-8-16-36(31)43(38)29-10-2-1-3-11-29/h1-24H. The van der Waals surface area contributed by atoms with E-state index in [0.29, 0.717) is 5.56 Å². The summed E-state index contributed by atoms with van der Waals surface area (Å²) in [5.41, 5.74) is 9.42. The van der Waals surface area contributed by atoms with Crippen molar-refractivity contribution in [1.82, 2.24) is 14.1 Å². The van der Waals surface area contributed by atoms with Crippen LogP contribution in [0.1, 0.15) is 5.56 Å². The fraction of sp³-hybridized carbons (Fsp3) is 0. The molecule has 0 saturated carbocycles. The molecule has 0 N–H and O–H groups in total. The molecule has 0 amide bonds. The molecule has 44 heavy (non-hydrogen) atoms. The maximum absolute atomic E-state index is 9.97. The van der Waals surface area contributed by atoms with Crippen molar-refractivity contribution >= 4 is 54.5 Å². The second-order valence-electron chi connectivity index (χ2n) is 11.2. The molecule has 0 unspecified atom stereocenters. The van der Waals surface area contributed by atoms with Crippen LogP contribution in [-0.4, -0.2) is 14.1 Å². The van der Waals surface area contributed by atoms with E-state index in [2.05, 4.69) is 130 Å². The zero-order valence-electron chi connectivity index (χ0n) is 23.6. The molecule has 9 aromatic rings. The number of nitriles is 1. The summed E-state index contributed by atoms with van der Waals surface area (Å²) in [5, 5.41) is 15.6. The minimum absolute atomic E-state index is 0.621. The van der Waals surface area contributed by atoms with Crippen LogP contribution < -0.4 is 0 Å². The molecule has 9 rings (SSSR count). The highest BCUT2D eigenvalue weighted by atomic mass is 15.1. The molecule has 6 aromatic carbocycles. The molecule has 0 saturated heterocycles. The molecule has 0 spiro atoms. The van der Waals surface area contributed by atoms with E-state index in [1.165, 1.54) is 27.4 Å². The number of hydrogen-bond acceptors (Lipinski definition) is 2. The minimum Gasteiger partial charge on any atom is -0.309 e. The van der Waals surface area contributed by atoms with Gasteiger partial charge in [0, 0.05) is 32.6 Å². The Morgan fingerprint density at radius 1 is 0.455 bits per heavy atom. The van der Waals surface area contributed by atoms with E-state index in [4.69, 9.17) is 4.98 Å². The van der Waals surface area contributed by atoms with Crippen LogP contribution in [0.4, 0.5) is 0 Å². The average Bonchev–Trinajstić information content (AvgIpc) is 3.60. The summed E-state index contributed by atoms with van der Waals surface area (Å²) in [7, 11) is 0. The first-order valence-electron chi connectivity index (χ1n) is 14.7. The van der Waals surface area contributed by atoms with Crippen molar-refractivity contribution in [3.05, 3.63) is 151 Å². The molecular weight excluding hydrogens is 536 g/mol. The van der Waals surface area contributed by atoms with Gasteiger partial charge in [0.2, 0.25) is 0 Å². The fourth-order valence-corrected chi connectivity index (χ4v) is 6.78. The highest BCUT2D eigenvalue weighted by Gasteiger charge is 2.17. The van der Waals surface area contributed by atoms with Crippen LogP contribution in [0.15, 0.2) is 146 Å². The molecule has 0 atom stereocenters. The first-order valence-corrected chi connectivity index (χ1v) is 14.7. The molecule has 0 bridgehead atoms. The Morgan fingerprint density at radius 3 is 1.64 bits per heavy atom. The highest BCUT2D eigenvalue weighted by molar-refractivity contribution is 6.12. The topological polar surface area (TPSA) is 46.5 Å². The van der Waals surface area contributed by atoms with E-state index in [-0.39, 0.29) is 0 Å². The molecule has 0 fully saturated rings. The summed E-state index contributed by atoms with van der Waals surface area (Å²) >= 11 is 0. The molecular formula is C40H24N4. The number of fused-ring (bicyclic) bond motifs is 7. The van der Waals surface area contributed by atoms with Gasteiger partial charge in [0.25, 0.3) is 0 Å². The third-order valence-corrected chi connectivity index (χ3v) is 8.75. The molecule has 4 nitrogen and oxygen atoms in total. The van der Waals surface area contributed by atoms with Crippen molar-refractivity contribution in [2.45, 2.75) is 0 Å². The Bertz CT molecular complexity index is 2620. The van der Waals surface area contributed by atoms with Crippen LogP contribution in [0, 0.1) is 11.3 Å². The molecule has 0 aliphatic rings. The van der Waals surface area contributed by atoms with Crippen LogP contribution in [0.2, 0.25) is 0 Å². The molecule has 3 aromatic heterocycles. The van der Waals surface area contributed by atoms with Crippen molar-refractivity contribution in [2.75, 3.05) is 0 Å². The number of pyridine rings is 1. The summed E-state index contributed by atoms with van der Waals surface area (Å²) in [5.74, 6) is 0.745. The smallest absolute Gasteiger partial charge is 0.139 e. The van der Waals surface area contributed by atoms with Crippen molar-refractivity contribution in [1.29, 1.82) is 5.26 Å². The van der Waals surface area contributed by atoms with Gasteiger partial charge < -0.3 is 4.57 Å². The predicted molar refractivity (Wildman–Crippen MR) is 181 cm³/mol. The molecule has 0 radical (unpaired) electrons. The van der Waals surface area contributed by atoms with Crippen LogP contribution in [-0.2, 0) is 0 Å². The Labute approximate surface area is 253 Å². The zero-order valence-corrected chi connectivity index (χ0v) is 23.6. The second kappa shape index (κ2) is 9.42. The lowest BCUT2D eigenvalue weighted by atomic mass is 10.0. The molecule has 204 valence electrons. The average molecular weight is 561 g/mol. The lowest BCUT2D eigenvalue weighted by Gasteiger charge is -2.10. The van der Waals surface area contributed by atoms with E-state index in [9.17, 15) is 5.26 Å². The third-order valence-electron chi connectivity index (χ3n) is 8.75. The van der Waals surface area contributed by atoms with Gasteiger partial charge in [-0.05, 0) is 71.8 Å². The lowest BCUT2D eigenvalue weighted by Crippen LogP contribution is -1.99. The van der Waals surface area contributed by atoms with Gasteiger partial charge in [-0.25, -0.2) is 4.98 Å². The maximum atomic E-state index is 9.97. The van der Waals surface area contributed by atoms with Gasteiger partial charge in [0.05, 0.1) is 39.2 Å². The maximum Gasteiger partial charge on any atom is 0.139 e. The van der Waals surface area contributed by atoms with Crippen molar-refractivity contribution in [2.24, 2.45) is 0 Å². The van der Waals surface area contributed by atoms with Gasteiger partial charge >= 0.3 is 0 Å².